The third kappa shape index (κ3) is 36.9. The second-order valence-corrected chi connectivity index (χ2v) is 14.2. The van der Waals surface area contributed by atoms with Crippen LogP contribution in [0.25, 0.3) is 0 Å². The molecule has 0 rings (SSSR count). The monoisotopic (exact) mass is 724 g/mol. The molecule has 0 aliphatic heterocycles. The number of phosphoric acid groups is 1. The van der Waals surface area contributed by atoms with Crippen molar-refractivity contribution in [1.29, 1.82) is 0 Å². The van der Waals surface area contributed by atoms with Gasteiger partial charge in [0.05, 0.1) is 6.61 Å². The van der Waals surface area contributed by atoms with Gasteiger partial charge in [-0.15, -0.1) is 0 Å². The Morgan fingerprint density at radius 3 is 1.66 bits per heavy atom. The van der Waals surface area contributed by atoms with Crippen LogP contribution in [0.5, 0.6) is 0 Å². The van der Waals surface area contributed by atoms with E-state index in [1.807, 2.05) is 6.08 Å². The largest absolute Gasteiger partial charge is 0.469 e. The van der Waals surface area contributed by atoms with Crippen LogP contribution >= 0.6 is 7.82 Å². The summed E-state index contributed by atoms with van der Waals surface area (Å²) in [6.45, 7) is 3.48. The summed E-state index contributed by atoms with van der Waals surface area (Å²) in [6, 6.07) is 0. The van der Waals surface area contributed by atoms with Crippen LogP contribution in [0, 0.1) is 0 Å². The van der Waals surface area contributed by atoms with E-state index in [9.17, 15) is 18.9 Å². The maximum atomic E-state index is 12.4. The Bertz CT molecular complexity index is 1010. The summed E-state index contributed by atoms with van der Waals surface area (Å²) in [4.78, 5) is 54.7. The molecule has 0 saturated heterocycles. The van der Waals surface area contributed by atoms with Gasteiger partial charge in [-0.2, -0.15) is 0 Å². The summed E-state index contributed by atoms with van der Waals surface area (Å²) in [6.07, 6.45) is 37.9. The molecule has 0 unspecified atom stereocenters. The standard InChI is InChI=1S/C40H69O9P/c1-3-5-7-9-11-12-13-14-15-16-17-18-19-21-25-29-33-39(42)47-35-38(36-48-50(44,45)46)49-40(43)34-30-26-22-24-28-32-37(41)31-27-23-20-10-8-6-4-2/h11-12,14-15,20,23,27,31,38H,3-10,13,16-19,21-22,24-26,28-30,32-36H2,1-2H3,(H2,44,45,46)/b12-11-,15-14-,23-20-,31-27+/t38-/m1/s1. The molecule has 0 aliphatic carbocycles. The van der Waals surface area contributed by atoms with Crippen molar-refractivity contribution in [1.82, 2.24) is 0 Å². The molecule has 0 aromatic heterocycles. The second kappa shape index (κ2) is 35.1. The minimum Gasteiger partial charge on any atom is -0.462 e. The van der Waals surface area contributed by atoms with Gasteiger partial charge >= 0.3 is 19.8 Å². The number of unbranched alkanes of at least 4 members (excludes halogenated alkanes) is 16. The molecule has 0 bridgehead atoms. The third-order valence-corrected chi connectivity index (χ3v) is 8.53. The maximum absolute atomic E-state index is 12.4. The van der Waals surface area contributed by atoms with Gasteiger partial charge in [-0.25, -0.2) is 4.57 Å². The number of hydrogen-bond donors (Lipinski definition) is 2. The van der Waals surface area contributed by atoms with Crippen LogP contribution in [-0.4, -0.2) is 46.8 Å². The molecule has 1 atom stereocenters. The molecule has 0 aromatic rings. The first kappa shape index (κ1) is 47.7. The number of allylic oxidation sites excluding steroid dienone is 8. The number of hydrogen-bond acceptors (Lipinski definition) is 7. The number of carbonyl (C=O) groups excluding carboxylic acids is 3. The lowest BCUT2D eigenvalue weighted by Crippen LogP contribution is -2.29. The fraction of sp³-hybridized carbons (Fsp3) is 0.725. The molecular formula is C40H69O9P. The zero-order chi connectivity index (χ0) is 37.0. The first-order valence-electron chi connectivity index (χ1n) is 19.4. The van der Waals surface area contributed by atoms with Crippen molar-refractivity contribution in [2.75, 3.05) is 13.2 Å². The van der Waals surface area contributed by atoms with E-state index in [1.165, 1.54) is 44.9 Å². The number of carbonyl (C=O) groups is 3. The lowest BCUT2D eigenvalue weighted by atomic mass is 10.1. The van der Waals surface area contributed by atoms with Crippen molar-refractivity contribution in [3.8, 4) is 0 Å². The molecule has 0 radical (unpaired) electrons. The number of phosphoric ester groups is 1. The Kier molecular flexibility index (Phi) is 33.5. The first-order valence-corrected chi connectivity index (χ1v) is 20.9. The van der Waals surface area contributed by atoms with E-state index in [4.69, 9.17) is 19.3 Å². The van der Waals surface area contributed by atoms with Gasteiger partial charge in [0.1, 0.15) is 6.61 Å². The minimum absolute atomic E-state index is 0.109. The van der Waals surface area contributed by atoms with E-state index in [0.29, 0.717) is 19.3 Å². The number of ketones is 1. The minimum atomic E-state index is -4.79. The van der Waals surface area contributed by atoms with E-state index in [-0.39, 0.29) is 25.2 Å². The van der Waals surface area contributed by atoms with Crippen molar-refractivity contribution < 1.29 is 42.7 Å². The quantitative estimate of drug-likeness (QED) is 0.0163. The zero-order valence-corrected chi connectivity index (χ0v) is 32.2. The fourth-order valence-corrected chi connectivity index (χ4v) is 5.45. The van der Waals surface area contributed by atoms with Crippen LogP contribution in [0.1, 0.15) is 168 Å². The van der Waals surface area contributed by atoms with Gasteiger partial charge in [0.15, 0.2) is 11.9 Å². The van der Waals surface area contributed by atoms with Crippen molar-refractivity contribution in [2.45, 2.75) is 174 Å². The summed E-state index contributed by atoms with van der Waals surface area (Å²) < 4.78 is 26.2. The molecule has 0 aliphatic rings. The lowest BCUT2D eigenvalue weighted by Gasteiger charge is -2.18. The average molecular weight is 725 g/mol. The lowest BCUT2D eigenvalue weighted by molar-refractivity contribution is -0.161. The summed E-state index contributed by atoms with van der Waals surface area (Å²) in [5.74, 6) is -0.884. The van der Waals surface area contributed by atoms with Gasteiger partial charge in [-0.3, -0.25) is 18.9 Å². The molecule has 0 saturated carbocycles. The highest BCUT2D eigenvalue weighted by Crippen LogP contribution is 2.36. The molecule has 288 valence electrons. The van der Waals surface area contributed by atoms with Gasteiger partial charge < -0.3 is 19.3 Å². The highest BCUT2D eigenvalue weighted by atomic mass is 31.2. The predicted octanol–water partition coefficient (Wildman–Crippen LogP) is 10.7. The average Bonchev–Trinajstić information content (AvgIpc) is 3.08. The van der Waals surface area contributed by atoms with Gasteiger partial charge in [-0.05, 0) is 70.3 Å². The molecule has 2 N–H and O–H groups in total. The Morgan fingerprint density at radius 2 is 1.08 bits per heavy atom. The van der Waals surface area contributed by atoms with Crippen molar-refractivity contribution in [3.63, 3.8) is 0 Å². The van der Waals surface area contributed by atoms with Gasteiger partial charge in [0.25, 0.3) is 0 Å². The summed E-state index contributed by atoms with van der Waals surface area (Å²) in [7, 11) is -4.79. The molecule has 0 spiro atoms. The van der Waals surface area contributed by atoms with E-state index in [2.05, 4.69) is 48.8 Å². The first-order chi connectivity index (χ1) is 24.2. The highest BCUT2D eigenvalue weighted by molar-refractivity contribution is 7.46. The Balaban J connectivity index is 4.07. The Morgan fingerprint density at radius 1 is 0.580 bits per heavy atom. The molecule has 0 aromatic carbocycles. The molecular weight excluding hydrogens is 655 g/mol. The molecule has 0 heterocycles. The summed E-state index contributed by atoms with van der Waals surface area (Å²) in [5.41, 5.74) is 0. The fourth-order valence-electron chi connectivity index (χ4n) is 5.09. The smallest absolute Gasteiger partial charge is 0.462 e. The van der Waals surface area contributed by atoms with Crippen LogP contribution in [0.4, 0.5) is 0 Å². The number of rotatable bonds is 35. The zero-order valence-electron chi connectivity index (χ0n) is 31.3. The highest BCUT2D eigenvalue weighted by Gasteiger charge is 2.22. The normalized spacial score (nSPS) is 12.9. The summed E-state index contributed by atoms with van der Waals surface area (Å²) in [5, 5.41) is 0. The maximum Gasteiger partial charge on any atom is 0.469 e. The second-order valence-electron chi connectivity index (χ2n) is 12.9. The van der Waals surface area contributed by atoms with Crippen LogP contribution in [0.15, 0.2) is 48.6 Å². The van der Waals surface area contributed by atoms with E-state index in [1.54, 1.807) is 12.2 Å². The molecule has 50 heavy (non-hydrogen) atoms. The molecule has 10 heteroatoms. The Labute approximate surface area is 303 Å². The Hall–Kier alpha value is -2.32. The van der Waals surface area contributed by atoms with Crippen LogP contribution in [-0.2, 0) is 32.9 Å². The van der Waals surface area contributed by atoms with Gasteiger partial charge in [0.2, 0.25) is 0 Å². The van der Waals surface area contributed by atoms with Crippen LogP contribution < -0.4 is 0 Å². The van der Waals surface area contributed by atoms with Crippen molar-refractivity contribution in [3.05, 3.63) is 48.6 Å². The topological polar surface area (TPSA) is 136 Å². The molecule has 0 fully saturated rings. The SMILES string of the molecule is CCCCC/C=C\C=C\C(=O)CCCCCCCC(=O)O[C@H](COC(=O)CCCCCCCC/C=C\C/C=C\CCCCC)COP(=O)(O)O. The van der Waals surface area contributed by atoms with Crippen molar-refractivity contribution >= 4 is 25.5 Å². The van der Waals surface area contributed by atoms with E-state index >= 15 is 0 Å². The third-order valence-electron chi connectivity index (χ3n) is 8.05. The van der Waals surface area contributed by atoms with E-state index in [0.717, 1.165) is 77.0 Å². The van der Waals surface area contributed by atoms with Crippen molar-refractivity contribution in [2.24, 2.45) is 0 Å². The van der Waals surface area contributed by atoms with E-state index < -0.39 is 32.5 Å². The summed E-state index contributed by atoms with van der Waals surface area (Å²) >= 11 is 0. The number of ether oxygens (including phenoxy) is 2. The number of esters is 2. The van der Waals surface area contributed by atoms with Crippen LogP contribution in [0.2, 0.25) is 0 Å². The molecule has 9 nitrogen and oxygen atoms in total. The van der Waals surface area contributed by atoms with Crippen LogP contribution in [0.3, 0.4) is 0 Å². The van der Waals surface area contributed by atoms with Gasteiger partial charge in [0, 0.05) is 19.3 Å². The van der Waals surface area contributed by atoms with Gasteiger partial charge in [-0.1, -0.05) is 127 Å². The predicted molar refractivity (Wildman–Crippen MR) is 203 cm³/mol. The molecule has 0 amide bonds.